The second kappa shape index (κ2) is 6.06. The van der Waals surface area contributed by atoms with Gasteiger partial charge in [0.2, 0.25) is 0 Å². The van der Waals surface area contributed by atoms with Crippen molar-refractivity contribution >= 4 is 11.5 Å². The van der Waals surface area contributed by atoms with Crippen molar-refractivity contribution in [2.45, 2.75) is 18.5 Å². The molecule has 5 rings (SSSR count). The molecule has 0 N–H and O–H groups in total. The Morgan fingerprint density at radius 2 is 2.00 bits per heavy atom. The average molecular weight is 358 g/mol. The standard InChI is InChI=1S/C19H18N8/c1-25-10-14(8-23-25)18-22-7-13(6-20)19(24-18)27-12-16-5-17(27)11-26(16)15-3-2-4-21-9-15/h2-4,7-10,16-17H,5,11-12H2,1H3/t16-,17+/m1/s1. The quantitative estimate of drug-likeness (QED) is 0.703. The van der Waals surface area contributed by atoms with Crippen LogP contribution < -0.4 is 9.80 Å². The monoisotopic (exact) mass is 358 g/mol. The van der Waals surface area contributed by atoms with Crippen LogP contribution in [-0.4, -0.2) is 49.9 Å². The van der Waals surface area contributed by atoms with E-state index in [2.05, 4.69) is 37.0 Å². The fourth-order valence-electron chi connectivity index (χ4n) is 4.11. The molecule has 2 fully saturated rings. The predicted octanol–water partition coefficient (Wildman–Crippen LogP) is 1.61. The molecule has 0 radical (unpaired) electrons. The maximum Gasteiger partial charge on any atom is 0.164 e. The molecule has 3 aromatic heterocycles. The molecule has 0 aromatic carbocycles. The van der Waals surface area contributed by atoms with Gasteiger partial charge in [-0.05, 0) is 18.6 Å². The molecule has 134 valence electrons. The first-order valence-electron chi connectivity index (χ1n) is 8.92. The minimum Gasteiger partial charge on any atom is -0.363 e. The van der Waals surface area contributed by atoms with Crippen LogP contribution in [0.5, 0.6) is 0 Å². The number of aryl methyl sites for hydroxylation is 1. The van der Waals surface area contributed by atoms with Gasteiger partial charge in [0, 0.05) is 38.6 Å². The van der Waals surface area contributed by atoms with Crippen LogP contribution in [0.15, 0.2) is 43.1 Å². The molecular formula is C19H18N8. The van der Waals surface area contributed by atoms with E-state index in [1.54, 1.807) is 23.3 Å². The van der Waals surface area contributed by atoms with Gasteiger partial charge in [-0.2, -0.15) is 10.4 Å². The molecule has 0 spiro atoms. The molecule has 0 saturated carbocycles. The molecule has 3 aromatic rings. The number of pyridine rings is 1. The van der Waals surface area contributed by atoms with Gasteiger partial charge in [-0.3, -0.25) is 9.67 Å². The van der Waals surface area contributed by atoms with E-state index < -0.39 is 0 Å². The molecule has 2 saturated heterocycles. The first kappa shape index (κ1) is 15.8. The first-order chi connectivity index (χ1) is 13.2. The van der Waals surface area contributed by atoms with Crippen molar-refractivity contribution in [3.8, 4) is 17.5 Å². The Bertz CT molecular complexity index is 1020. The number of hydrogen-bond donors (Lipinski definition) is 0. The number of nitriles is 1. The molecule has 2 aliphatic rings. The minimum atomic E-state index is 0.332. The van der Waals surface area contributed by atoms with Crippen molar-refractivity contribution in [1.29, 1.82) is 5.26 Å². The number of nitrogens with zero attached hydrogens (tertiary/aromatic N) is 8. The summed E-state index contributed by atoms with van der Waals surface area (Å²) in [5, 5.41) is 13.7. The van der Waals surface area contributed by atoms with Crippen molar-refractivity contribution in [1.82, 2.24) is 24.7 Å². The van der Waals surface area contributed by atoms with E-state index in [9.17, 15) is 5.26 Å². The van der Waals surface area contributed by atoms with Crippen LogP contribution in [0.3, 0.4) is 0 Å². The molecule has 2 aliphatic heterocycles. The van der Waals surface area contributed by atoms with Gasteiger partial charge in [0.25, 0.3) is 0 Å². The highest BCUT2D eigenvalue weighted by molar-refractivity contribution is 5.63. The van der Waals surface area contributed by atoms with Gasteiger partial charge in [-0.25, -0.2) is 9.97 Å². The summed E-state index contributed by atoms with van der Waals surface area (Å²) in [6, 6.07) is 7.06. The molecule has 0 aliphatic carbocycles. The SMILES string of the molecule is Cn1cc(-c2ncc(C#N)c(N3C[C@H]4C[C@H]3CN4c3cccnc3)n2)cn1. The molecule has 0 unspecified atom stereocenters. The Morgan fingerprint density at radius 1 is 1.15 bits per heavy atom. The van der Waals surface area contributed by atoms with Crippen LogP contribution in [0.25, 0.3) is 11.4 Å². The average Bonchev–Trinajstić information content (AvgIpc) is 3.43. The van der Waals surface area contributed by atoms with E-state index in [1.165, 1.54) is 0 Å². The summed E-state index contributed by atoms with van der Waals surface area (Å²) in [6.07, 6.45) is 10.0. The lowest BCUT2D eigenvalue weighted by atomic mass is 10.2. The highest BCUT2D eigenvalue weighted by Crippen LogP contribution is 2.37. The second-order valence-electron chi connectivity index (χ2n) is 7.00. The summed E-state index contributed by atoms with van der Waals surface area (Å²) in [7, 11) is 1.86. The maximum absolute atomic E-state index is 9.55. The van der Waals surface area contributed by atoms with Crippen molar-refractivity contribution < 1.29 is 0 Å². The molecule has 8 heteroatoms. The lowest BCUT2D eigenvalue weighted by Crippen LogP contribution is -2.47. The summed E-state index contributed by atoms with van der Waals surface area (Å²) in [6.45, 7) is 1.76. The van der Waals surface area contributed by atoms with Gasteiger partial charge < -0.3 is 9.80 Å². The predicted molar refractivity (Wildman–Crippen MR) is 100 cm³/mol. The molecule has 2 atom stereocenters. The maximum atomic E-state index is 9.55. The summed E-state index contributed by atoms with van der Waals surface area (Å²) < 4.78 is 1.72. The van der Waals surface area contributed by atoms with Crippen molar-refractivity contribution in [2.75, 3.05) is 22.9 Å². The summed E-state index contributed by atoms with van der Waals surface area (Å²) in [4.78, 5) is 18.0. The van der Waals surface area contributed by atoms with Gasteiger partial charge in [-0.15, -0.1) is 0 Å². The van der Waals surface area contributed by atoms with Gasteiger partial charge in [0.05, 0.1) is 35.9 Å². The van der Waals surface area contributed by atoms with Crippen LogP contribution in [0.4, 0.5) is 11.5 Å². The summed E-state index contributed by atoms with van der Waals surface area (Å²) in [5.74, 6) is 1.33. The Kier molecular flexibility index (Phi) is 3.53. The topological polar surface area (TPSA) is 86.8 Å². The number of rotatable bonds is 3. The third kappa shape index (κ3) is 2.59. The van der Waals surface area contributed by atoms with Crippen LogP contribution in [0.1, 0.15) is 12.0 Å². The first-order valence-corrected chi connectivity index (χ1v) is 8.92. The molecule has 5 heterocycles. The third-order valence-electron chi connectivity index (χ3n) is 5.34. The van der Waals surface area contributed by atoms with Crippen LogP contribution >= 0.6 is 0 Å². The van der Waals surface area contributed by atoms with Gasteiger partial charge in [0.1, 0.15) is 11.6 Å². The van der Waals surface area contributed by atoms with Gasteiger partial charge in [0.15, 0.2) is 11.6 Å². The molecular weight excluding hydrogens is 340 g/mol. The summed E-state index contributed by atoms with van der Waals surface area (Å²) in [5.41, 5.74) is 2.52. The number of anilines is 2. The molecule has 27 heavy (non-hydrogen) atoms. The number of fused-ring (bicyclic) bond motifs is 2. The summed E-state index contributed by atoms with van der Waals surface area (Å²) >= 11 is 0. The lowest BCUT2D eigenvalue weighted by Gasteiger charge is -2.36. The Labute approximate surface area is 156 Å². The van der Waals surface area contributed by atoms with Gasteiger partial charge in [-0.1, -0.05) is 0 Å². The zero-order valence-corrected chi connectivity index (χ0v) is 14.9. The Morgan fingerprint density at radius 3 is 2.67 bits per heavy atom. The van der Waals surface area contributed by atoms with E-state index in [0.29, 0.717) is 23.5 Å². The van der Waals surface area contributed by atoms with E-state index in [0.717, 1.165) is 36.6 Å². The van der Waals surface area contributed by atoms with Crippen LogP contribution in [-0.2, 0) is 7.05 Å². The largest absolute Gasteiger partial charge is 0.363 e. The fraction of sp³-hybridized carbons (Fsp3) is 0.316. The molecule has 2 bridgehead atoms. The number of piperazine rings is 1. The van der Waals surface area contributed by atoms with E-state index in [-0.39, 0.29) is 0 Å². The molecule has 8 nitrogen and oxygen atoms in total. The van der Waals surface area contributed by atoms with Crippen LogP contribution in [0.2, 0.25) is 0 Å². The lowest BCUT2D eigenvalue weighted by molar-refractivity contribution is 0.639. The second-order valence-corrected chi connectivity index (χ2v) is 7.00. The zero-order valence-electron chi connectivity index (χ0n) is 14.9. The number of hydrogen-bond acceptors (Lipinski definition) is 7. The Balaban J connectivity index is 1.45. The van der Waals surface area contributed by atoms with E-state index in [4.69, 9.17) is 4.98 Å². The van der Waals surface area contributed by atoms with E-state index >= 15 is 0 Å². The highest BCUT2D eigenvalue weighted by atomic mass is 15.4. The minimum absolute atomic E-state index is 0.332. The smallest absolute Gasteiger partial charge is 0.164 e. The highest BCUT2D eigenvalue weighted by Gasteiger charge is 2.44. The fourth-order valence-corrected chi connectivity index (χ4v) is 4.11. The number of aromatic nitrogens is 5. The van der Waals surface area contributed by atoms with Crippen molar-refractivity contribution in [3.63, 3.8) is 0 Å². The Hall–Kier alpha value is -3.47. The normalized spacial score (nSPS) is 20.9. The van der Waals surface area contributed by atoms with Crippen molar-refractivity contribution in [2.24, 2.45) is 7.05 Å². The third-order valence-corrected chi connectivity index (χ3v) is 5.34. The zero-order chi connectivity index (χ0) is 18.4. The van der Waals surface area contributed by atoms with Crippen molar-refractivity contribution in [3.05, 3.63) is 48.7 Å². The van der Waals surface area contributed by atoms with Gasteiger partial charge >= 0.3 is 0 Å². The van der Waals surface area contributed by atoms with E-state index in [1.807, 2.05) is 25.5 Å². The van der Waals surface area contributed by atoms with Crippen LogP contribution in [0, 0.1) is 11.3 Å². The molecule has 0 amide bonds.